The first-order valence-corrected chi connectivity index (χ1v) is 9.88. The number of ether oxygens (including phenoxy) is 2. The number of methoxy groups -OCH3 is 2. The summed E-state index contributed by atoms with van der Waals surface area (Å²) in [5, 5.41) is 10.6. The summed E-state index contributed by atoms with van der Waals surface area (Å²) in [4.78, 5) is 11.2. The van der Waals surface area contributed by atoms with Crippen LogP contribution in [0.1, 0.15) is 30.6 Å². The van der Waals surface area contributed by atoms with E-state index in [1.165, 1.54) is 5.56 Å². The number of aromatic nitrogens is 2. The minimum Gasteiger partial charge on any atom is -0.497 e. The number of guanidine groups is 1. The number of hydrogen-bond donors (Lipinski definition) is 2. The van der Waals surface area contributed by atoms with Gasteiger partial charge in [-0.2, -0.15) is 4.98 Å². The normalized spacial score (nSPS) is 17.4. The van der Waals surface area contributed by atoms with E-state index in [0.717, 1.165) is 50.1 Å². The van der Waals surface area contributed by atoms with E-state index in [0.29, 0.717) is 24.3 Å². The van der Waals surface area contributed by atoms with Crippen molar-refractivity contribution in [3.05, 3.63) is 35.5 Å². The second-order valence-corrected chi connectivity index (χ2v) is 7.02. The molecule has 2 aromatic rings. The van der Waals surface area contributed by atoms with Gasteiger partial charge in [0.25, 0.3) is 0 Å². The fourth-order valence-corrected chi connectivity index (χ4v) is 3.37. The van der Waals surface area contributed by atoms with Crippen LogP contribution in [-0.2, 0) is 13.1 Å². The van der Waals surface area contributed by atoms with Crippen molar-refractivity contribution in [2.24, 2.45) is 4.99 Å². The molecule has 1 unspecified atom stereocenters. The molecule has 3 rings (SSSR count). The van der Waals surface area contributed by atoms with Gasteiger partial charge in [-0.05, 0) is 38.0 Å². The van der Waals surface area contributed by atoms with E-state index in [4.69, 9.17) is 14.0 Å². The molecule has 9 heteroatoms. The zero-order valence-electron chi connectivity index (χ0n) is 17.6. The molecule has 0 amide bonds. The molecule has 9 nitrogen and oxygen atoms in total. The lowest BCUT2D eigenvalue weighted by molar-refractivity contribution is 0.321. The maximum atomic E-state index is 5.38. The van der Waals surface area contributed by atoms with Gasteiger partial charge in [0.2, 0.25) is 5.89 Å². The van der Waals surface area contributed by atoms with Gasteiger partial charge in [0.1, 0.15) is 18.0 Å². The quantitative estimate of drug-likeness (QED) is 0.509. The average Bonchev–Trinajstić information content (AvgIpc) is 3.34. The van der Waals surface area contributed by atoms with Crippen molar-refractivity contribution in [1.29, 1.82) is 0 Å². The summed E-state index contributed by atoms with van der Waals surface area (Å²) in [5.41, 5.74) is 1.18. The molecule has 1 fully saturated rings. The highest BCUT2D eigenvalue weighted by Gasteiger charge is 2.23. The molecule has 1 aromatic carbocycles. The molecule has 1 aliphatic rings. The molecule has 0 saturated carbocycles. The number of rotatable bonds is 8. The molecule has 158 valence electrons. The van der Waals surface area contributed by atoms with E-state index >= 15 is 0 Å². The molecule has 0 aliphatic carbocycles. The maximum Gasteiger partial charge on any atom is 0.248 e. The first-order chi connectivity index (χ1) is 14.1. The van der Waals surface area contributed by atoms with Crippen LogP contribution in [0.2, 0.25) is 0 Å². The Labute approximate surface area is 171 Å². The highest BCUT2D eigenvalue weighted by Crippen LogP contribution is 2.24. The molecule has 1 aromatic heterocycles. The monoisotopic (exact) mass is 402 g/mol. The van der Waals surface area contributed by atoms with E-state index in [-0.39, 0.29) is 0 Å². The van der Waals surface area contributed by atoms with Gasteiger partial charge >= 0.3 is 0 Å². The Morgan fingerprint density at radius 2 is 2.03 bits per heavy atom. The molecule has 0 spiro atoms. The van der Waals surface area contributed by atoms with Gasteiger partial charge in [0, 0.05) is 38.3 Å². The highest BCUT2D eigenvalue weighted by molar-refractivity contribution is 5.80. The highest BCUT2D eigenvalue weighted by atomic mass is 16.5. The van der Waals surface area contributed by atoms with E-state index in [1.54, 1.807) is 21.1 Å². The van der Waals surface area contributed by atoms with Gasteiger partial charge in [-0.1, -0.05) is 5.16 Å². The Hall–Kier alpha value is -2.81. The molecule has 2 N–H and O–H groups in total. The van der Waals surface area contributed by atoms with Gasteiger partial charge in [-0.25, -0.2) is 4.99 Å². The lowest BCUT2D eigenvalue weighted by Gasteiger charge is -2.19. The van der Waals surface area contributed by atoms with Gasteiger partial charge in [-0.3, -0.25) is 4.90 Å². The summed E-state index contributed by atoms with van der Waals surface area (Å²) < 4.78 is 15.9. The summed E-state index contributed by atoms with van der Waals surface area (Å²) in [6.07, 6.45) is 1.05. The minimum atomic E-state index is 0.324. The van der Waals surface area contributed by atoms with Gasteiger partial charge in [0.15, 0.2) is 11.8 Å². The molecule has 1 aliphatic heterocycles. The maximum absolute atomic E-state index is 5.38. The smallest absolute Gasteiger partial charge is 0.248 e. The van der Waals surface area contributed by atoms with Crippen molar-refractivity contribution in [2.75, 3.05) is 33.9 Å². The van der Waals surface area contributed by atoms with Crippen LogP contribution in [0.4, 0.5) is 0 Å². The second kappa shape index (κ2) is 10.1. The number of nitrogens with zero attached hydrogens (tertiary/aromatic N) is 4. The third-order valence-corrected chi connectivity index (χ3v) is 4.72. The van der Waals surface area contributed by atoms with Crippen LogP contribution >= 0.6 is 0 Å². The van der Waals surface area contributed by atoms with E-state index in [1.807, 2.05) is 13.0 Å². The fourth-order valence-electron chi connectivity index (χ4n) is 3.37. The van der Waals surface area contributed by atoms with E-state index in [9.17, 15) is 0 Å². The largest absolute Gasteiger partial charge is 0.497 e. The fraction of sp³-hybridized carbons (Fsp3) is 0.550. The van der Waals surface area contributed by atoms with Crippen LogP contribution in [0.25, 0.3) is 0 Å². The summed E-state index contributed by atoms with van der Waals surface area (Å²) in [6, 6.07) is 6.33. The topological polar surface area (TPSA) is 97.0 Å². The summed E-state index contributed by atoms with van der Waals surface area (Å²) in [5.74, 6) is 3.52. The number of hydrogen-bond acceptors (Lipinski definition) is 7. The third-order valence-electron chi connectivity index (χ3n) is 4.72. The zero-order valence-corrected chi connectivity index (χ0v) is 17.6. The number of likely N-dealkylation sites (tertiary alicyclic amines) is 1. The minimum absolute atomic E-state index is 0.324. The van der Waals surface area contributed by atoms with Gasteiger partial charge in [-0.15, -0.1) is 0 Å². The van der Waals surface area contributed by atoms with Crippen molar-refractivity contribution in [3.8, 4) is 11.5 Å². The summed E-state index contributed by atoms with van der Waals surface area (Å²) in [7, 11) is 3.34. The number of nitrogens with one attached hydrogen (secondary N) is 2. The van der Waals surface area contributed by atoms with Crippen molar-refractivity contribution in [3.63, 3.8) is 0 Å². The lowest BCUT2D eigenvalue weighted by Crippen LogP contribution is -2.44. The Morgan fingerprint density at radius 1 is 1.28 bits per heavy atom. The average molecular weight is 402 g/mol. The molecule has 1 atom stereocenters. The zero-order chi connectivity index (χ0) is 20.6. The summed E-state index contributed by atoms with van der Waals surface area (Å²) >= 11 is 0. The molecule has 0 radical (unpaired) electrons. The number of benzene rings is 1. The van der Waals surface area contributed by atoms with Crippen molar-refractivity contribution in [2.45, 2.75) is 39.4 Å². The van der Waals surface area contributed by atoms with Gasteiger partial charge < -0.3 is 24.6 Å². The van der Waals surface area contributed by atoms with Crippen molar-refractivity contribution < 1.29 is 14.0 Å². The number of aryl methyl sites for hydroxylation is 1. The predicted octanol–water partition coefficient (Wildman–Crippen LogP) is 1.72. The first kappa shape index (κ1) is 20.9. The first-order valence-electron chi connectivity index (χ1n) is 9.88. The number of aliphatic imine (C=N–C) groups is 1. The Balaban J connectivity index is 1.56. The molecule has 29 heavy (non-hydrogen) atoms. The van der Waals surface area contributed by atoms with Crippen molar-refractivity contribution >= 4 is 5.96 Å². The van der Waals surface area contributed by atoms with Crippen LogP contribution in [0.15, 0.2) is 27.7 Å². The van der Waals surface area contributed by atoms with E-state index < -0.39 is 0 Å². The second-order valence-electron chi connectivity index (χ2n) is 7.02. The van der Waals surface area contributed by atoms with Crippen LogP contribution in [0.5, 0.6) is 11.5 Å². The Bertz CT molecular complexity index is 800. The Morgan fingerprint density at radius 3 is 2.66 bits per heavy atom. The van der Waals surface area contributed by atoms with Crippen LogP contribution in [-0.4, -0.2) is 60.9 Å². The Kier molecular flexibility index (Phi) is 7.29. The van der Waals surface area contributed by atoms with Crippen LogP contribution < -0.4 is 20.1 Å². The molecule has 1 saturated heterocycles. The van der Waals surface area contributed by atoms with Crippen LogP contribution in [0, 0.1) is 6.92 Å². The van der Waals surface area contributed by atoms with Crippen molar-refractivity contribution in [1.82, 2.24) is 25.7 Å². The lowest BCUT2D eigenvalue weighted by atomic mass is 10.2. The van der Waals surface area contributed by atoms with Gasteiger partial charge in [0.05, 0.1) is 14.2 Å². The van der Waals surface area contributed by atoms with Crippen LogP contribution in [0.3, 0.4) is 0 Å². The molecular formula is C20H30N6O3. The molecule has 0 bridgehead atoms. The molecule has 2 heterocycles. The SMILES string of the molecule is CCNC(=NCc1nc(C)no1)NC1CCN(Cc2cc(OC)cc(OC)c2)C1. The standard InChI is InChI=1S/C20H30N6O3/c1-5-21-20(22-11-19-23-14(2)25-29-19)24-16-6-7-26(13-16)12-15-8-17(27-3)10-18(9-15)28-4/h8-10,16H,5-7,11-13H2,1-4H3,(H2,21,22,24). The predicted molar refractivity (Wildman–Crippen MR) is 110 cm³/mol. The molecular weight excluding hydrogens is 372 g/mol. The summed E-state index contributed by atoms with van der Waals surface area (Å²) in [6.45, 7) is 7.78. The van der Waals surface area contributed by atoms with E-state index in [2.05, 4.69) is 42.8 Å². The third kappa shape index (κ3) is 6.08.